The molecule has 0 aromatic heterocycles. The zero-order chi connectivity index (χ0) is 18.8. The summed E-state index contributed by atoms with van der Waals surface area (Å²) in [6, 6.07) is 4.92. The summed E-state index contributed by atoms with van der Waals surface area (Å²) < 4.78 is 5.89. The number of rotatable bonds is 5. The van der Waals surface area contributed by atoms with Gasteiger partial charge in [-0.2, -0.15) is 0 Å². The monoisotopic (exact) mass is 371 g/mol. The molecule has 1 aromatic carbocycles. The molecular weight excluding hydrogens is 346 g/mol. The van der Waals surface area contributed by atoms with Crippen LogP contribution >= 0.6 is 0 Å². The molecule has 7 nitrogen and oxygen atoms in total. The van der Waals surface area contributed by atoms with Crippen LogP contribution in [0, 0.1) is 0 Å². The number of benzene rings is 1. The normalized spacial score (nSPS) is 23.3. The average Bonchev–Trinajstić information content (AvgIpc) is 2.99. The molecule has 1 N–H and O–H groups in total. The molecule has 3 aliphatic heterocycles. The summed E-state index contributed by atoms with van der Waals surface area (Å²) in [5.74, 6) is -0.0572. The number of hydrogen-bond acceptors (Lipinski definition) is 5. The first-order valence-electron chi connectivity index (χ1n) is 9.74. The average molecular weight is 371 g/mol. The fourth-order valence-corrected chi connectivity index (χ4v) is 4.12. The SMILES string of the molecule is O=C1CCC(N2Cc3cc(OCCN4CCCCC4)ccc3C2=O)C(=O)N1. The lowest BCUT2D eigenvalue weighted by Crippen LogP contribution is -2.52. The highest BCUT2D eigenvalue weighted by Crippen LogP contribution is 2.30. The number of likely N-dealkylation sites (tertiary alicyclic amines) is 1. The van der Waals surface area contributed by atoms with Crippen molar-refractivity contribution in [2.45, 2.75) is 44.7 Å². The zero-order valence-electron chi connectivity index (χ0n) is 15.4. The van der Waals surface area contributed by atoms with Crippen LogP contribution in [0.5, 0.6) is 5.75 Å². The van der Waals surface area contributed by atoms with Gasteiger partial charge < -0.3 is 9.64 Å². The van der Waals surface area contributed by atoms with Gasteiger partial charge in [-0.1, -0.05) is 6.42 Å². The van der Waals surface area contributed by atoms with Gasteiger partial charge in [0, 0.05) is 25.1 Å². The topological polar surface area (TPSA) is 79.0 Å². The lowest BCUT2D eigenvalue weighted by molar-refractivity contribution is -0.136. The molecule has 7 heteroatoms. The van der Waals surface area contributed by atoms with Gasteiger partial charge in [-0.15, -0.1) is 0 Å². The van der Waals surface area contributed by atoms with Gasteiger partial charge in [0.05, 0.1) is 0 Å². The first-order valence-corrected chi connectivity index (χ1v) is 9.74. The number of fused-ring (bicyclic) bond motifs is 1. The van der Waals surface area contributed by atoms with Crippen LogP contribution in [-0.4, -0.2) is 59.8 Å². The van der Waals surface area contributed by atoms with E-state index in [4.69, 9.17) is 4.74 Å². The van der Waals surface area contributed by atoms with Gasteiger partial charge in [0.25, 0.3) is 5.91 Å². The molecule has 1 atom stereocenters. The second-order valence-electron chi connectivity index (χ2n) is 7.47. The molecule has 2 fully saturated rings. The first-order chi connectivity index (χ1) is 13.1. The molecule has 0 radical (unpaired) electrons. The van der Waals surface area contributed by atoms with E-state index in [1.807, 2.05) is 12.1 Å². The minimum atomic E-state index is -0.578. The molecule has 0 spiro atoms. The van der Waals surface area contributed by atoms with E-state index in [-0.39, 0.29) is 24.1 Å². The van der Waals surface area contributed by atoms with Crippen molar-refractivity contribution >= 4 is 17.7 Å². The van der Waals surface area contributed by atoms with E-state index in [0.29, 0.717) is 25.1 Å². The van der Waals surface area contributed by atoms with Gasteiger partial charge in [0.2, 0.25) is 11.8 Å². The predicted octanol–water partition coefficient (Wildman–Crippen LogP) is 1.31. The second-order valence-corrected chi connectivity index (χ2v) is 7.47. The van der Waals surface area contributed by atoms with Gasteiger partial charge in [-0.25, -0.2) is 0 Å². The van der Waals surface area contributed by atoms with Crippen LogP contribution in [-0.2, 0) is 16.1 Å². The van der Waals surface area contributed by atoms with Crippen LogP contribution in [0.1, 0.15) is 48.0 Å². The van der Waals surface area contributed by atoms with Gasteiger partial charge in [-0.3, -0.25) is 24.6 Å². The molecule has 3 amide bonds. The summed E-state index contributed by atoms with van der Waals surface area (Å²) in [5, 5.41) is 2.32. The van der Waals surface area contributed by atoms with E-state index in [0.717, 1.165) is 30.9 Å². The number of imide groups is 1. The highest BCUT2D eigenvalue weighted by atomic mass is 16.5. The quantitative estimate of drug-likeness (QED) is 0.790. The summed E-state index contributed by atoms with van der Waals surface area (Å²) >= 11 is 0. The van der Waals surface area contributed by atoms with E-state index >= 15 is 0 Å². The Balaban J connectivity index is 1.37. The Hall–Kier alpha value is -2.41. The standard InChI is InChI=1S/C20H25N3O4/c24-18-7-6-17(19(25)21-18)23-13-14-12-15(4-5-16(14)20(23)26)27-11-10-22-8-2-1-3-9-22/h4-5,12,17H,1-3,6-11,13H2,(H,21,24,25). The minimum absolute atomic E-state index is 0.153. The van der Waals surface area contributed by atoms with Gasteiger partial charge in [0.1, 0.15) is 18.4 Å². The summed E-state index contributed by atoms with van der Waals surface area (Å²) in [6.45, 7) is 4.21. The van der Waals surface area contributed by atoms with Crippen molar-refractivity contribution in [1.29, 1.82) is 0 Å². The fraction of sp³-hybridized carbons (Fsp3) is 0.550. The number of nitrogens with zero attached hydrogens (tertiary/aromatic N) is 2. The number of piperidine rings is 2. The van der Waals surface area contributed by atoms with Gasteiger partial charge in [0.15, 0.2) is 0 Å². The smallest absolute Gasteiger partial charge is 0.255 e. The Bertz CT molecular complexity index is 758. The fourth-order valence-electron chi connectivity index (χ4n) is 4.12. The van der Waals surface area contributed by atoms with E-state index in [2.05, 4.69) is 10.2 Å². The molecule has 2 saturated heterocycles. The summed E-state index contributed by atoms with van der Waals surface area (Å²) in [7, 11) is 0. The van der Waals surface area contributed by atoms with E-state index in [1.54, 1.807) is 11.0 Å². The Labute approximate surface area is 158 Å². The number of carbonyl (C=O) groups is 3. The molecule has 3 heterocycles. The third-order valence-electron chi connectivity index (χ3n) is 5.62. The van der Waals surface area contributed by atoms with Crippen LogP contribution in [0.15, 0.2) is 18.2 Å². The molecule has 27 heavy (non-hydrogen) atoms. The molecule has 144 valence electrons. The Morgan fingerprint density at radius 2 is 1.93 bits per heavy atom. The molecule has 1 aromatic rings. The third-order valence-corrected chi connectivity index (χ3v) is 5.62. The Morgan fingerprint density at radius 1 is 1.11 bits per heavy atom. The van der Waals surface area contributed by atoms with Gasteiger partial charge >= 0.3 is 0 Å². The summed E-state index contributed by atoms with van der Waals surface area (Å²) in [4.78, 5) is 40.1. The van der Waals surface area contributed by atoms with Crippen molar-refractivity contribution < 1.29 is 19.1 Å². The molecule has 0 bridgehead atoms. The number of carbonyl (C=O) groups excluding carboxylic acids is 3. The molecule has 0 aliphatic carbocycles. The van der Waals surface area contributed by atoms with Crippen molar-refractivity contribution in [2.24, 2.45) is 0 Å². The third kappa shape index (κ3) is 3.83. The van der Waals surface area contributed by atoms with Crippen molar-refractivity contribution in [1.82, 2.24) is 15.1 Å². The highest BCUT2D eigenvalue weighted by molar-refractivity contribution is 6.05. The Morgan fingerprint density at radius 3 is 2.70 bits per heavy atom. The zero-order valence-corrected chi connectivity index (χ0v) is 15.4. The van der Waals surface area contributed by atoms with Crippen molar-refractivity contribution in [3.8, 4) is 5.75 Å². The number of nitrogens with one attached hydrogen (secondary N) is 1. The number of amides is 3. The van der Waals surface area contributed by atoms with E-state index in [9.17, 15) is 14.4 Å². The molecule has 4 rings (SSSR count). The highest BCUT2D eigenvalue weighted by Gasteiger charge is 2.39. The lowest BCUT2D eigenvalue weighted by atomic mass is 10.0. The van der Waals surface area contributed by atoms with Crippen molar-refractivity contribution in [3.05, 3.63) is 29.3 Å². The maximum Gasteiger partial charge on any atom is 0.255 e. The van der Waals surface area contributed by atoms with Crippen molar-refractivity contribution in [2.75, 3.05) is 26.2 Å². The summed E-state index contributed by atoms with van der Waals surface area (Å²) in [5.41, 5.74) is 1.49. The molecular formula is C20H25N3O4. The maximum atomic E-state index is 12.7. The Kier molecular flexibility index (Phi) is 5.11. The van der Waals surface area contributed by atoms with Crippen molar-refractivity contribution in [3.63, 3.8) is 0 Å². The van der Waals surface area contributed by atoms with Gasteiger partial charge in [-0.05, 0) is 56.1 Å². The minimum Gasteiger partial charge on any atom is -0.492 e. The number of ether oxygens (including phenoxy) is 1. The second kappa shape index (κ2) is 7.68. The van der Waals surface area contributed by atoms with Crippen LogP contribution in [0.25, 0.3) is 0 Å². The lowest BCUT2D eigenvalue weighted by Gasteiger charge is -2.29. The van der Waals surface area contributed by atoms with E-state index < -0.39 is 6.04 Å². The van der Waals surface area contributed by atoms with Crippen LogP contribution in [0.4, 0.5) is 0 Å². The predicted molar refractivity (Wildman–Crippen MR) is 98.3 cm³/mol. The van der Waals surface area contributed by atoms with Crippen LogP contribution in [0.2, 0.25) is 0 Å². The van der Waals surface area contributed by atoms with Crippen LogP contribution < -0.4 is 10.1 Å². The molecule has 1 unspecified atom stereocenters. The van der Waals surface area contributed by atoms with Crippen LogP contribution in [0.3, 0.4) is 0 Å². The first kappa shape index (κ1) is 18.0. The molecule has 3 aliphatic rings. The molecule has 0 saturated carbocycles. The van der Waals surface area contributed by atoms with E-state index in [1.165, 1.54) is 19.3 Å². The largest absolute Gasteiger partial charge is 0.492 e. The summed E-state index contributed by atoms with van der Waals surface area (Å²) in [6.07, 6.45) is 4.49. The number of hydrogen-bond donors (Lipinski definition) is 1. The maximum absolute atomic E-state index is 12.7.